The third-order valence-corrected chi connectivity index (χ3v) is 7.05. The van der Waals surface area contributed by atoms with Crippen molar-refractivity contribution in [1.29, 1.82) is 0 Å². The van der Waals surface area contributed by atoms with Gasteiger partial charge in [0.2, 0.25) is 12.3 Å². The van der Waals surface area contributed by atoms with Crippen molar-refractivity contribution in [2.75, 3.05) is 4.90 Å². The Morgan fingerprint density at radius 1 is 0.923 bits per heavy atom. The molecule has 0 N–H and O–H groups in total. The number of aromatic nitrogens is 4. The lowest BCUT2D eigenvalue weighted by atomic mass is 10.0. The van der Waals surface area contributed by atoms with Gasteiger partial charge in [-0.15, -0.1) is 0 Å². The molecule has 1 atom stereocenters. The summed E-state index contributed by atoms with van der Waals surface area (Å²) in [6.07, 6.45) is 8.38. The first-order valence-corrected chi connectivity index (χ1v) is 12.8. The van der Waals surface area contributed by atoms with Gasteiger partial charge >= 0.3 is 0 Å². The molecule has 0 saturated carbocycles. The highest BCUT2D eigenvalue weighted by Gasteiger charge is 2.29. The standard InChI is InChI=1S/C31H24ClN5O2/c1-36-28(23-7-5-21(6-8-23)22-11-14-33-15-12-22)19-35-31(36)27(18-26-4-2-3-13-34-26)37(20-38)30-17-24-16-25(32)9-10-29(24)39-30/h2-17,19-20,27H,18H2,1H3/t27-/m0/s1. The Bertz CT molecular complexity index is 1730. The first-order chi connectivity index (χ1) is 19.1. The smallest absolute Gasteiger partial charge is 0.217 e. The van der Waals surface area contributed by atoms with Gasteiger partial charge in [0.1, 0.15) is 17.4 Å². The molecule has 4 aromatic heterocycles. The highest BCUT2D eigenvalue weighted by atomic mass is 35.5. The SMILES string of the molecule is Cn1c(-c2ccc(-c3ccncc3)cc2)cnc1[C@H](Cc1ccccn1)N(C=O)c1cc2cc(Cl)ccc2o1. The molecule has 1 amide bonds. The maximum Gasteiger partial charge on any atom is 0.217 e. The summed E-state index contributed by atoms with van der Waals surface area (Å²) >= 11 is 6.18. The van der Waals surface area contributed by atoms with Crippen LogP contribution in [0.5, 0.6) is 0 Å². The van der Waals surface area contributed by atoms with Crippen LogP contribution in [0.15, 0.2) is 108 Å². The Hall–Kier alpha value is -4.75. The van der Waals surface area contributed by atoms with Crippen LogP contribution in [0.2, 0.25) is 5.02 Å². The highest BCUT2D eigenvalue weighted by Crippen LogP contribution is 2.35. The number of rotatable bonds is 8. The second-order valence-corrected chi connectivity index (χ2v) is 9.63. The van der Waals surface area contributed by atoms with Crippen LogP contribution in [0, 0.1) is 0 Å². The van der Waals surface area contributed by atoms with Gasteiger partial charge in [-0.1, -0.05) is 41.9 Å². The second kappa shape index (κ2) is 10.6. The fraction of sp³-hybridized carbons (Fsp3) is 0.0968. The van der Waals surface area contributed by atoms with E-state index < -0.39 is 6.04 Å². The molecule has 8 heteroatoms. The van der Waals surface area contributed by atoms with Crippen molar-refractivity contribution in [2.24, 2.45) is 7.05 Å². The van der Waals surface area contributed by atoms with Gasteiger partial charge in [-0.05, 0) is 59.2 Å². The van der Waals surface area contributed by atoms with Crippen LogP contribution < -0.4 is 4.90 Å². The average Bonchev–Trinajstić information content (AvgIpc) is 3.57. The number of carbonyl (C=O) groups is 1. The van der Waals surface area contributed by atoms with Gasteiger partial charge in [0.05, 0.1) is 11.9 Å². The molecule has 6 aromatic rings. The van der Waals surface area contributed by atoms with Gasteiger partial charge in [-0.25, -0.2) is 4.98 Å². The number of imidazole rings is 1. The van der Waals surface area contributed by atoms with E-state index in [1.165, 1.54) is 0 Å². The molecule has 0 aliphatic rings. The third-order valence-electron chi connectivity index (χ3n) is 6.81. The molecule has 0 bridgehead atoms. The highest BCUT2D eigenvalue weighted by molar-refractivity contribution is 6.31. The van der Waals surface area contributed by atoms with Gasteiger partial charge in [-0.2, -0.15) is 0 Å². The van der Waals surface area contributed by atoms with E-state index in [4.69, 9.17) is 21.0 Å². The number of fused-ring (bicyclic) bond motifs is 1. The molecule has 6 rings (SSSR count). The van der Waals surface area contributed by atoms with E-state index in [9.17, 15) is 4.79 Å². The van der Waals surface area contributed by atoms with Gasteiger partial charge in [-0.3, -0.25) is 19.7 Å². The molecule has 0 radical (unpaired) electrons. The zero-order chi connectivity index (χ0) is 26.8. The van der Waals surface area contributed by atoms with Crippen molar-refractivity contribution in [3.8, 4) is 22.4 Å². The van der Waals surface area contributed by atoms with E-state index in [-0.39, 0.29) is 0 Å². The summed E-state index contributed by atoms with van der Waals surface area (Å²) in [7, 11) is 1.96. The van der Waals surface area contributed by atoms with Crippen LogP contribution in [-0.4, -0.2) is 25.9 Å². The molecule has 0 aliphatic heterocycles. The number of carbonyl (C=O) groups excluding carboxylic acids is 1. The van der Waals surface area contributed by atoms with Crippen LogP contribution in [0.25, 0.3) is 33.4 Å². The number of furan rings is 1. The quantitative estimate of drug-likeness (QED) is 0.199. The summed E-state index contributed by atoms with van der Waals surface area (Å²) in [6, 6.07) is 24.8. The number of anilines is 1. The van der Waals surface area contributed by atoms with E-state index in [2.05, 4.69) is 34.2 Å². The van der Waals surface area contributed by atoms with E-state index in [1.807, 2.05) is 60.3 Å². The summed E-state index contributed by atoms with van der Waals surface area (Å²) in [5.74, 6) is 1.12. The number of hydrogen-bond donors (Lipinski definition) is 0. The Kier molecular flexibility index (Phi) is 6.65. The first kappa shape index (κ1) is 24.6. The minimum absolute atomic E-state index is 0.412. The molecule has 0 saturated heterocycles. The maximum atomic E-state index is 12.6. The number of hydrogen-bond acceptors (Lipinski definition) is 5. The summed E-state index contributed by atoms with van der Waals surface area (Å²) in [5, 5.41) is 1.41. The monoisotopic (exact) mass is 533 g/mol. The van der Waals surface area contributed by atoms with E-state index >= 15 is 0 Å². The van der Waals surface area contributed by atoms with Crippen LogP contribution in [0.4, 0.5) is 5.88 Å². The largest absolute Gasteiger partial charge is 0.440 e. The fourth-order valence-corrected chi connectivity index (χ4v) is 5.00. The lowest BCUT2D eigenvalue weighted by molar-refractivity contribution is -0.108. The number of benzene rings is 2. The van der Waals surface area contributed by atoms with Crippen LogP contribution in [0.1, 0.15) is 17.6 Å². The Balaban J connectivity index is 1.39. The van der Waals surface area contributed by atoms with E-state index in [0.29, 0.717) is 28.7 Å². The molecule has 2 aromatic carbocycles. The third kappa shape index (κ3) is 4.92. The van der Waals surface area contributed by atoms with Crippen molar-refractivity contribution in [3.05, 3.63) is 120 Å². The Labute approximate surface area is 230 Å². The maximum absolute atomic E-state index is 12.6. The zero-order valence-corrected chi connectivity index (χ0v) is 21.9. The van der Waals surface area contributed by atoms with Crippen LogP contribution in [0.3, 0.4) is 0 Å². The number of halogens is 1. The lowest BCUT2D eigenvalue weighted by Crippen LogP contribution is -2.31. The minimum Gasteiger partial charge on any atom is -0.440 e. The van der Waals surface area contributed by atoms with Crippen LogP contribution >= 0.6 is 11.6 Å². The predicted molar refractivity (Wildman–Crippen MR) is 152 cm³/mol. The van der Waals surface area contributed by atoms with Crippen molar-refractivity contribution in [1.82, 2.24) is 19.5 Å². The van der Waals surface area contributed by atoms with E-state index in [0.717, 1.165) is 39.9 Å². The minimum atomic E-state index is -0.469. The Morgan fingerprint density at radius 3 is 2.44 bits per heavy atom. The summed E-state index contributed by atoms with van der Waals surface area (Å²) in [5.41, 5.74) is 5.63. The molecular formula is C31H24ClN5O2. The topological polar surface area (TPSA) is 77.1 Å². The molecule has 39 heavy (non-hydrogen) atoms. The molecule has 0 spiro atoms. The number of pyridine rings is 2. The van der Waals surface area contributed by atoms with Gasteiger partial charge in [0, 0.05) is 54.2 Å². The van der Waals surface area contributed by atoms with Gasteiger partial charge in [0.15, 0.2) is 0 Å². The lowest BCUT2D eigenvalue weighted by Gasteiger charge is -2.26. The predicted octanol–water partition coefficient (Wildman–Crippen LogP) is 6.89. The van der Waals surface area contributed by atoms with Crippen molar-refractivity contribution >= 4 is 34.9 Å². The molecule has 192 valence electrons. The molecule has 4 heterocycles. The van der Waals surface area contributed by atoms with Crippen molar-refractivity contribution in [2.45, 2.75) is 12.5 Å². The van der Waals surface area contributed by atoms with Crippen molar-refractivity contribution in [3.63, 3.8) is 0 Å². The van der Waals surface area contributed by atoms with Crippen LogP contribution in [-0.2, 0) is 18.3 Å². The summed E-state index contributed by atoms with van der Waals surface area (Å²) in [6.45, 7) is 0. The second-order valence-electron chi connectivity index (χ2n) is 9.19. The Morgan fingerprint density at radius 2 is 1.69 bits per heavy atom. The number of nitrogens with zero attached hydrogens (tertiary/aromatic N) is 5. The fourth-order valence-electron chi connectivity index (χ4n) is 4.82. The van der Waals surface area contributed by atoms with Gasteiger partial charge < -0.3 is 8.98 Å². The molecule has 0 aliphatic carbocycles. The first-order valence-electron chi connectivity index (χ1n) is 12.5. The molecule has 0 unspecified atom stereocenters. The zero-order valence-electron chi connectivity index (χ0n) is 21.1. The normalized spacial score (nSPS) is 11.9. The van der Waals surface area contributed by atoms with Gasteiger partial charge in [0.25, 0.3) is 0 Å². The van der Waals surface area contributed by atoms with E-state index in [1.54, 1.807) is 35.6 Å². The van der Waals surface area contributed by atoms with Crippen molar-refractivity contribution < 1.29 is 9.21 Å². The molecule has 7 nitrogen and oxygen atoms in total. The summed E-state index contributed by atoms with van der Waals surface area (Å²) in [4.78, 5) is 27.6. The molecular weight excluding hydrogens is 510 g/mol. The average molecular weight is 534 g/mol. The molecule has 0 fully saturated rings. The number of amides is 1. The summed E-state index contributed by atoms with van der Waals surface area (Å²) < 4.78 is 8.10.